The smallest absolute Gasteiger partial charge is 0.0707 e. The molecule has 0 bridgehead atoms. The fourth-order valence-corrected chi connectivity index (χ4v) is 1.92. The Morgan fingerprint density at radius 2 is 2.20 bits per heavy atom. The topological polar surface area (TPSA) is 29.5 Å². The van der Waals surface area contributed by atoms with Crippen LogP contribution in [0, 0.1) is 0 Å². The first kappa shape index (κ1) is 6.62. The van der Waals surface area contributed by atoms with Crippen LogP contribution in [0.4, 0.5) is 0 Å². The molecule has 1 heterocycles. The third kappa shape index (κ3) is 0.956. The Morgan fingerprint density at radius 1 is 1.40 bits per heavy atom. The highest BCUT2D eigenvalue weighted by molar-refractivity contribution is 4.93. The molecule has 0 aromatic rings. The lowest BCUT2D eigenvalue weighted by atomic mass is 9.74. The van der Waals surface area contributed by atoms with Crippen molar-refractivity contribution in [3.8, 4) is 0 Å². The summed E-state index contributed by atoms with van der Waals surface area (Å²) in [5.41, 5.74) is 0.123. The lowest BCUT2D eigenvalue weighted by molar-refractivity contribution is -0.157. The summed E-state index contributed by atoms with van der Waals surface area (Å²) < 4.78 is 5.61. The Morgan fingerprint density at radius 3 is 2.60 bits per heavy atom. The van der Waals surface area contributed by atoms with E-state index in [4.69, 9.17) is 4.74 Å². The van der Waals surface area contributed by atoms with Gasteiger partial charge in [0, 0.05) is 13.0 Å². The number of ether oxygens (including phenoxy) is 1. The van der Waals surface area contributed by atoms with Gasteiger partial charge in [-0.05, 0) is 25.7 Å². The molecule has 1 N–H and O–H groups in total. The second-order valence-electron chi connectivity index (χ2n) is 3.53. The second-order valence-corrected chi connectivity index (χ2v) is 3.53. The fraction of sp³-hybridized carbons (Fsp3) is 1.00. The van der Waals surface area contributed by atoms with Crippen LogP contribution in [0.5, 0.6) is 0 Å². The minimum atomic E-state index is -0.0888. The Bertz CT molecular complexity index is 129. The van der Waals surface area contributed by atoms with Crippen molar-refractivity contribution >= 4 is 0 Å². The van der Waals surface area contributed by atoms with Crippen molar-refractivity contribution in [1.29, 1.82) is 0 Å². The van der Waals surface area contributed by atoms with Crippen LogP contribution < -0.4 is 0 Å². The van der Waals surface area contributed by atoms with E-state index in [9.17, 15) is 5.11 Å². The minimum Gasteiger partial charge on any atom is -0.393 e. The van der Waals surface area contributed by atoms with Crippen molar-refractivity contribution < 1.29 is 9.84 Å². The fourth-order valence-electron chi connectivity index (χ4n) is 1.92. The van der Waals surface area contributed by atoms with Crippen molar-refractivity contribution in [1.82, 2.24) is 0 Å². The standard InChI is InChI=1S/C8H14O2/c9-7-2-5-10-8(6-7)3-1-4-8/h7,9H,1-6H2. The number of aliphatic hydroxyl groups excluding tert-OH is 1. The molecular weight excluding hydrogens is 128 g/mol. The molecule has 2 fully saturated rings. The van der Waals surface area contributed by atoms with Crippen molar-refractivity contribution in [2.75, 3.05) is 6.61 Å². The summed E-state index contributed by atoms with van der Waals surface area (Å²) in [5, 5.41) is 9.33. The van der Waals surface area contributed by atoms with E-state index in [-0.39, 0.29) is 11.7 Å². The van der Waals surface area contributed by atoms with E-state index < -0.39 is 0 Å². The van der Waals surface area contributed by atoms with Gasteiger partial charge < -0.3 is 9.84 Å². The third-order valence-corrected chi connectivity index (χ3v) is 2.73. The van der Waals surface area contributed by atoms with Gasteiger partial charge in [-0.25, -0.2) is 0 Å². The predicted molar refractivity (Wildman–Crippen MR) is 37.8 cm³/mol. The van der Waals surface area contributed by atoms with Gasteiger partial charge in [0.25, 0.3) is 0 Å². The number of rotatable bonds is 0. The molecule has 1 saturated carbocycles. The minimum absolute atomic E-state index is 0.0888. The Labute approximate surface area is 61.2 Å². The lowest BCUT2D eigenvalue weighted by Gasteiger charge is -2.46. The van der Waals surface area contributed by atoms with E-state index in [1.807, 2.05) is 0 Å². The molecule has 0 amide bonds. The van der Waals surface area contributed by atoms with Crippen molar-refractivity contribution in [3.63, 3.8) is 0 Å². The van der Waals surface area contributed by atoms with E-state index in [1.165, 1.54) is 19.3 Å². The summed E-state index contributed by atoms with van der Waals surface area (Å²) in [4.78, 5) is 0. The number of aliphatic hydroxyl groups is 1. The van der Waals surface area contributed by atoms with Crippen LogP contribution in [0.3, 0.4) is 0 Å². The molecule has 0 aromatic carbocycles. The van der Waals surface area contributed by atoms with Crippen LogP contribution in [-0.4, -0.2) is 23.4 Å². The highest BCUT2D eigenvalue weighted by atomic mass is 16.5. The van der Waals surface area contributed by atoms with Gasteiger partial charge in [-0.1, -0.05) is 0 Å². The molecule has 2 nitrogen and oxygen atoms in total. The molecule has 1 aliphatic carbocycles. The van der Waals surface area contributed by atoms with Gasteiger partial charge in [-0.15, -0.1) is 0 Å². The number of hydrogen-bond acceptors (Lipinski definition) is 2. The maximum Gasteiger partial charge on any atom is 0.0707 e. The number of hydrogen-bond donors (Lipinski definition) is 1. The predicted octanol–water partition coefficient (Wildman–Crippen LogP) is 1.08. The molecule has 2 rings (SSSR count). The molecule has 1 saturated heterocycles. The average Bonchev–Trinajstić information content (AvgIpc) is 1.85. The van der Waals surface area contributed by atoms with Gasteiger partial charge in [-0.3, -0.25) is 0 Å². The Balaban J connectivity index is 1.96. The highest BCUT2D eigenvalue weighted by Gasteiger charge is 2.41. The van der Waals surface area contributed by atoms with Gasteiger partial charge >= 0.3 is 0 Å². The average molecular weight is 142 g/mol. The van der Waals surface area contributed by atoms with Crippen LogP contribution in [0.25, 0.3) is 0 Å². The first-order chi connectivity index (χ1) is 4.81. The third-order valence-electron chi connectivity index (χ3n) is 2.73. The zero-order valence-corrected chi connectivity index (χ0v) is 6.18. The quantitative estimate of drug-likeness (QED) is 0.548. The summed E-state index contributed by atoms with van der Waals surface area (Å²) in [5.74, 6) is 0. The second kappa shape index (κ2) is 2.21. The molecule has 2 aliphatic rings. The van der Waals surface area contributed by atoms with Crippen LogP contribution in [-0.2, 0) is 4.74 Å². The maximum absolute atomic E-state index is 9.33. The van der Waals surface area contributed by atoms with Gasteiger partial charge in [0.2, 0.25) is 0 Å². The van der Waals surface area contributed by atoms with E-state index in [0.717, 1.165) is 19.4 Å². The zero-order valence-electron chi connectivity index (χ0n) is 6.18. The molecule has 2 heteroatoms. The lowest BCUT2D eigenvalue weighted by Crippen LogP contribution is -2.47. The SMILES string of the molecule is OC1CCOC2(CCC2)C1. The Kier molecular flexibility index (Phi) is 1.46. The molecule has 0 aromatic heterocycles. The molecule has 0 radical (unpaired) electrons. The first-order valence-corrected chi connectivity index (χ1v) is 4.13. The first-order valence-electron chi connectivity index (χ1n) is 4.13. The van der Waals surface area contributed by atoms with E-state index in [1.54, 1.807) is 0 Å². The van der Waals surface area contributed by atoms with Crippen LogP contribution in [0.2, 0.25) is 0 Å². The molecule has 1 aliphatic heterocycles. The van der Waals surface area contributed by atoms with E-state index in [0.29, 0.717) is 0 Å². The summed E-state index contributed by atoms with van der Waals surface area (Å²) in [6.07, 6.45) is 5.25. The summed E-state index contributed by atoms with van der Waals surface area (Å²) in [6.45, 7) is 0.765. The largest absolute Gasteiger partial charge is 0.393 e. The molecular formula is C8H14O2. The zero-order chi connectivity index (χ0) is 7.03. The molecule has 1 spiro atoms. The van der Waals surface area contributed by atoms with Crippen LogP contribution >= 0.6 is 0 Å². The Hall–Kier alpha value is -0.0800. The molecule has 58 valence electrons. The summed E-state index contributed by atoms with van der Waals surface area (Å²) in [6, 6.07) is 0. The molecule has 1 unspecified atom stereocenters. The molecule has 10 heavy (non-hydrogen) atoms. The summed E-state index contributed by atoms with van der Waals surface area (Å²) >= 11 is 0. The van der Waals surface area contributed by atoms with Crippen LogP contribution in [0.1, 0.15) is 32.1 Å². The van der Waals surface area contributed by atoms with Gasteiger partial charge in [-0.2, -0.15) is 0 Å². The van der Waals surface area contributed by atoms with E-state index in [2.05, 4.69) is 0 Å². The van der Waals surface area contributed by atoms with Gasteiger partial charge in [0.05, 0.1) is 11.7 Å². The van der Waals surface area contributed by atoms with Crippen molar-refractivity contribution in [2.45, 2.75) is 43.8 Å². The van der Waals surface area contributed by atoms with Gasteiger partial charge in [0.1, 0.15) is 0 Å². The maximum atomic E-state index is 9.33. The highest BCUT2D eigenvalue weighted by Crippen LogP contribution is 2.42. The van der Waals surface area contributed by atoms with Gasteiger partial charge in [0.15, 0.2) is 0 Å². The summed E-state index contributed by atoms with van der Waals surface area (Å²) in [7, 11) is 0. The monoisotopic (exact) mass is 142 g/mol. The van der Waals surface area contributed by atoms with Crippen LogP contribution in [0.15, 0.2) is 0 Å². The normalized spacial score (nSPS) is 37.5. The van der Waals surface area contributed by atoms with Crippen molar-refractivity contribution in [3.05, 3.63) is 0 Å². The molecule has 1 atom stereocenters. The van der Waals surface area contributed by atoms with Crippen molar-refractivity contribution in [2.24, 2.45) is 0 Å². The van der Waals surface area contributed by atoms with E-state index >= 15 is 0 Å².